The average Bonchev–Trinajstić information content (AvgIpc) is 2.80. The van der Waals surface area contributed by atoms with Crippen LogP contribution in [0.5, 0.6) is 0 Å². The molecule has 0 bridgehead atoms. The number of hydrogen-bond donors (Lipinski definition) is 3. The monoisotopic (exact) mass is 208 g/mol. The fraction of sp³-hybridized carbons (Fsp3) is 0.222. The van der Waals surface area contributed by atoms with E-state index in [4.69, 9.17) is 5.84 Å². The Morgan fingerprint density at radius 3 is 3.00 bits per heavy atom. The summed E-state index contributed by atoms with van der Waals surface area (Å²) in [5, 5.41) is 0. The van der Waals surface area contributed by atoms with Crippen molar-refractivity contribution in [2.45, 2.75) is 13.0 Å². The van der Waals surface area contributed by atoms with Crippen LogP contribution in [0.15, 0.2) is 23.8 Å². The third-order valence-electron chi connectivity index (χ3n) is 2.14. The first-order valence-corrected chi connectivity index (χ1v) is 5.20. The lowest BCUT2D eigenvalue weighted by Gasteiger charge is -2.12. The van der Waals surface area contributed by atoms with Crippen molar-refractivity contribution in [1.29, 1.82) is 0 Å². The summed E-state index contributed by atoms with van der Waals surface area (Å²) in [6, 6.07) is 3.97. The van der Waals surface area contributed by atoms with Gasteiger partial charge in [-0.15, -0.1) is 11.3 Å². The van der Waals surface area contributed by atoms with E-state index in [1.54, 1.807) is 11.3 Å². The average molecular weight is 208 g/mol. The molecule has 0 fully saturated rings. The van der Waals surface area contributed by atoms with Crippen molar-refractivity contribution in [3.05, 3.63) is 40.1 Å². The molecule has 2 aromatic rings. The fourth-order valence-electron chi connectivity index (χ4n) is 1.42. The minimum Gasteiger partial charge on any atom is -0.363 e. The summed E-state index contributed by atoms with van der Waals surface area (Å²) >= 11 is 1.61. The molecular weight excluding hydrogens is 196 g/mol. The molecule has 4 nitrogen and oxygen atoms in total. The number of hydrazine groups is 1. The van der Waals surface area contributed by atoms with Crippen LogP contribution in [0.3, 0.4) is 0 Å². The predicted octanol–water partition coefficient (Wildman–Crippen LogP) is 1.33. The van der Waals surface area contributed by atoms with Crippen molar-refractivity contribution in [2.24, 2.45) is 5.84 Å². The maximum Gasteiger partial charge on any atom is 0.0969 e. The Morgan fingerprint density at radius 2 is 2.50 bits per heavy atom. The maximum absolute atomic E-state index is 5.53. The SMILES string of the molecule is Cc1ncsc1C(NN)c1ccc[nH]1. The number of nitrogens with zero attached hydrogens (tertiary/aromatic N) is 1. The van der Waals surface area contributed by atoms with Gasteiger partial charge in [0.1, 0.15) is 0 Å². The van der Waals surface area contributed by atoms with Gasteiger partial charge < -0.3 is 4.98 Å². The molecule has 0 saturated carbocycles. The first-order chi connectivity index (χ1) is 6.83. The molecular formula is C9H12N4S. The zero-order chi connectivity index (χ0) is 9.97. The van der Waals surface area contributed by atoms with E-state index in [2.05, 4.69) is 15.4 Å². The summed E-state index contributed by atoms with van der Waals surface area (Å²) in [6.45, 7) is 1.99. The molecule has 1 unspecified atom stereocenters. The summed E-state index contributed by atoms with van der Waals surface area (Å²) in [5.74, 6) is 5.53. The number of aromatic amines is 1. The van der Waals surface area contributed by atoms with Gasteiger partial charge in [0.2, 0.25) is 0 Å². The van der Waals surface area contributed by atoms with E-state index in [1.165, 1.54) is 0 Å². The summed E-state index contributed by atoms with van der Waals surface area (Å²) in [4.78, 5) is 8.49. The minimum absolute atomic E-state index is 0.0116. The van der Waals surface area contributed by atoms with Crippen LogP contribution in [0.25, 0.3) is 0 Å². The van der Waals surface area contributed by atoms with Crippen LogP contribution in [0.4, 0.5) is 0 Å². The second kappa shape index (κ2) is 3.91. The van der Waals surface area contributed by atoms with Crippen molar-refractivity contribution in [2.75, 3.05) is 0 Å². The molecule has 2 aromatic heterocycles. The predicted molar refractivity (Wildman–Crippen MR) is 56.8 cm³/mol. The zero-order valence-electron chi connectivity index (χ0n) is 7.82. The molecule has 1 atom stereocenters. The van der Waals surface area contributed by atoms with E-state index in [9.17, 15) is 0 Å². The summed E-state index contributed by atoms with van der Waals surface area (Å²) in [5.41, 5.74) is 6.69. The maximum atomic E-state index is 5.53. The zero-order valence-corrected chi connectivity index (χ0v) is 8.64. The number of H-pyrrole nitrogens is 1. The van der Waals surface area contributed by atoms with Crippen LogP contribution in [-0.2, 0) is 0 Å². The third-order valence-corrected chi connectivity index (χ3v) is 3.14. The first-order valence-electron chi connectivity index (χ1n) is 4.32. The van der Waals surface area contributed by atoms with E-state index in [0.717, 1.165) is 16.3 Å². The van der Waals surface area contributed by atoms with Crippen molar-refractivity contribution in [1.82, 2.24) is 15.4 Å². The molecule has 0 aromatic carbocycles. The quantitative estimate of drug-likeness (QED) is 0.526. The van der Waals surface area contributed by atoms with Crippen LogP contribution in [0.1, 0.15) is 22.3 Å². The van der Waals surface area contributed by atoms with E-state index in [0.29, 0.717) is 0 Å². The van der Waals surface area contributed by atoms with E-state index >= 15 is 0 Å². The van der Waals surface area contributed by atoms with Gasteiger partial charge in [-0.25, -0.2) is 10.4 Å². The molecule has 0 saturated heterocycles. The van der Waals surface area contributed by atoms with Crippen molar-refractivity contribution >= 4 is 11.3 Å². The van der Waals surface area contributed by atoms with Gasteiger partial charge in [-0.1, -0.05) is 0 Å². The fourth-order valence-corrected chi connectivity index (χ4v) is 2.30. The normalized spacial score (nSPS) is 13.0. The molecule has 0 aliphatic rings. The van der Waals surface area contributed by atoms with E-state index in [-0.39, 0.29) is 6.04 Å². The van der Waals surface area contributed by atoms with Gasteiger partial charge in [0.25, 0.3) is 0 Å². The topological polar surface area (TPSA) is 66.7 Å². The van der Waals surface area contributed by atoms with Crippen LogP contribution in [-0.4, -0.2) is 9.97 Å². The van der Waals surface area contributed by atoms with Gasteiger partial charge in [-0.2, -0.15) is 0 Å². The van der Waals surface area contributed by atoms with Gasteiger partial charge in [0.05, 0.1) is 22.1 Å². The number of nitrogens with one attached hydrogen (secondary N) is 2. The van der Waals surface area contributed by atoms with Gasteiger partial charge in [-0.05, 0) is 19.1 Å². The lowest BCUT2D eigenvalue weighted by atomic mass is 10.1. The molecule has 0 aliphatic carbocycles. The molecule has 14 heavy (non-hydrogen) atoms. The standard InChI is InChI=1S/C9H12N4S/c1-6-9(14-5-12-6)8(13-10)7-3-2-4-11-7/h2-5,8,11,13H,10H2,1H3. The smallest absolute Gasteiger partial charge is 0.0969 e. The van der Waals surface area contributed by atoms with Crippen LogP contribution < -0.4 is 11.3 Å². The summed E-state index contributed by atoms with van der Waals surface area (Å²) < 4.78 is 0. The van der Waals surface area contributed by atoms with Gasteiger partial charge in [0, 0.05) is 11.9 Å². The Bertz CT molecular complexity index is 393. The van der Waals surface area contributed by atoms with E-state index < -0.39 is 0 Å². The number of aryl methyl sites for hydroxylation is 1. The first kappa shape index (κ1) is 9.39. The molecule has 2 rings (SSSR count). The summed E-state index contributed by atoms with van der Waals surface area (Å²) in [7, 11) is 0. The largest absolute Gasteiger partial charge is 0.363 e. The molecule has 0 amide bonds. The number of nitrogens with two attached hydrogens (primary N) is 1. The van der Waals surface area contributed by atoms with E-state index in [1.807, 2.05) is 30.8 Å². The lowest BCUT2D eigenvalue weighted by molar-refractivity contribution is 0.629. The highest BCUT2D eigenvalue weighted by molar-refractivity contribution is 7.09. The number of thiazole rings is 1. The highest BCUT2D eigenvalue weighted by Crippen LogP contribution is 2.25. The molecule has 0 spiro atoms. The van der Waals surface area contributed by atoms with Crippen molar-refractivity contribution < 1.29 is 0 Å². The second-order valence-electron chi connectivity index (χ2n) is 3.03. The molecule has 5 heteroatoms. The van der Waals surface area contributed by atoms with Crippen LogP contribution in [0.2, 0.25) is 0 Å². The molecule has 74 valence electrons. The molecule has 2 heterocycles. The Kier molecular flexibility index (Phi) is 2.62. The molecule has 4 N–H and O–H groups in total. The highest BCUT2D eigenvalue weighted by Gasteiger charge is 2.16. The highest BCUT2D eigenvalue weighted by atomic mass is 32.1. The Hall–Kier alpha value is -1.17. The van der Waals surface area contributed by atoms with Crippen molar-refractivity contribution in [3.63, 3.8) is 0 Å². The minimum atomic E-state index is 0.0116. The number of hydrogen-bond acceptors (Lipinski definition) is 4. The Labute approximate surface area is 86.1 Å². The van der Waals surface area contributed by atoms with Gasteiger partial charge in [0.15, 0.2) is 0 Å². The lowest BCUT2D eigenvalue weighted by Crippen LogP contribution is -2.28. The van der Waals surface area contributed by atoms with Gasteiger partial charge in [-0.3, -0.25) is 5.84 Å². The third kappa shape index (κ3) is 1.57. The molecule has 0 aliphatic heterocycles. The summed E-state index contributed by atoms with van der Waals surface area (Å²) in [6.07, 6.45) is 1.88. The number of rotatable bonds is 3. The molecule has 0 radical (unpaired) electrons. The Morgan fingerprint density at radius 1 is 1.64 bits per heavy atom. The van der Waals surface area contributed by atoms with Crippen LogP contribution in [0, 0.1) is 6.92 Å². The van der Waals surface area contributed by atoms with Crippen molar-refractivity contribution in [3.8, 4) is 0 Å². The Balaban J connectivity index is 2.36. The van der Waals surface area contributed by atoms with Gasteiger partial charge >= 0.3 is 0 Å². The second-order valence-corrected chi connectivity index (χ2v) is 3.91. The van der Waals surface area contributed by atoms with Crippen LogP contribution >= 0.6 is 11.3 Å². The number of aromatic nitrogens is 2.